The monoisotopic (exact) mass is 756 g/mol. The molecule has 0 heterocycles. The van der Waals surface area contributed by atoms with Gasteiger partial charge in [-0.25, -0.2) is 0 Å². The predicted octanol–water partition coefficient (Wildman–Crippen LogP) is 14.4. The van der Waals surface area contributed by atoms with E-state index in [1.807, 2.05) is 13.8 Å². The number of rotatable bonds is 40. The summed E-state index contributed by atoms with van der Waals surface area (Å²) in [5, 5.41) is 9.43. The number of unbranched alkanes of at least 4 members (excludes halogenated alkanes) is 22. The van der Waals surface area contributed by atoms with Crippen molar-refractivity contribution in [3.63, 3.8) is 0 Å². The maximum atomic E-state index is 12.9. The van der Waals surface area contributed by atoms with E-state index in [0.29, 0.717) is 25.7 Å². The summed E-state index contributed by atoms with van der Waals surface area (Å²) < 4.78 is 11.1. The van der Waals surface area contributed by atoms with E-state index in [9.17, 15) is 19.6 Å². The molecular weight excluding hydrogens is 671 g/mol. The van der Waals surface area contributed by atoms with Gasteiger partial charge in [-0.3, -0.25) is 14.4 Å². The van der Waals surface area contributed by atoms with Gasteiger partial charge in [0, 0.05) is 31.6 Å². The fourth-order valence-corrected chi connectivity index (χ4v) is 6.58. The molecule has 0 rings (SSSR count). The average Bonchev–Trinajstić information content (AvgIpc) is 3.17. The number of hydrogen-bond acceptors (Lipinski definition) is 6. The minimum atomic E-state index is -0.558. The van der Waals surface area contributed by atoms with Crippen LogP contribution < -0.4 is 0 Å². The molecular formula is C48H85NO5. The number of nitriles is 1. The Balaban J connectivity index is 4.36. The number of ether oxygens (including phenoxy) is 2. The van der Waals surface area contributed by atoms with Crippen molar-refractivity contribution >= 4 is 17.7 Å². The second kappa shape index (κ2) is 38.8. The summed E-state index contributed by atoms with van der Waals surface area (Å²) in [4.78, 5) is 38.0. The van der Waals surface area contributed by atoms with Crippen molar-refractivity contribution in [2.75, 3.05) is 13.2 Å². The molecule has 0 saturated carbocycles. The van der Waals surface area contributed by atoms with Gasteiger partial charge in [-0.05, 0) is 84.0 Å². The fraction of sp³-hybridized carbons (Fsp3) is 0.833. The minimum absolute atomic E-state index is 0.0486. The topological polar surface area (TPSA) is 93.5 Å². The molecule has 0 N–H and O–H groups in total. The summed E-state index contributed by atoms with van der Waals surface area (Å²) in [6, 6.07) is 2.29. The zero-order valence-electron chi connectivity index (χ0n) is 35.9. The van der Waals surface area contributed by atoms with Crippen LogP contribution >= 0.6 is 0 Å². The van der Waals surface area contributed by atoms with Gasteiger partial charge in [-0.15, -0.1) is 0 Å². The van der Waals surface area contributed by atoms with Crippen LogP contribution in [0.3, 0.4) is 0 Å². The minimum Gasteiger partial charge on any atom is -0.465 e. The second-order valence-electron chi connectivity index (χ2n) is 16.2. The van der Waals surface area contributed by atoms with Crippen molar-refractivity contribution < 1.29 is 23.9 Å². The Morgan fingerprint density at radius 2 is 0.907 bits per heavy atom. The van der Waals surface area contributed by atoms with Crippen molar-refractivity contribution in [1.29, 1.82) is 5.26 Å². The van der Waals surface area contributed by atoms with E-state index in [0.717, 1.165) is 51.4 Å². The summed E-state index contributed by atoms with van der Waals surface area (Å²) in [5.74, 6) is -0.846. The molecule has 0 fully saturated rings. The zero-order chi connectivity index (χ0) is 39.8. The molecule has 312 valence electrons. The first-order chi connectivity index (χ1) is 26.3. The number of allylic oxidation sites excluding steroid dienone is 4. The molecule has 0 amide bonds. The summed E-state index contributed by atoms with van der Waals surface area (Å²) in [6.45, 7) is 8.44. The SMILES string of the molecule is CCCCCCCC/C=C\CCCCCCCC(=O)CC(COC(=O)CCCCCCC/C=C\CCCCCCCC)COC(=O)CCC(C)(C#N)CC. The summed E-state index contributed by atoms with van der Waals surface area (Å²) in [5.41, 5.74) is -0.558. The third-order valence-electron chi connectivity index (χ3n) is 10.8. The molecule has 0 saturated heterocycles. The van der Waals surface area contributed by atoms with Crippen molar-refractivity contribution in [3.05, 3.63) is 24.3 Å². The third kappa shape index (κ3) is 35.3. The third-order valence-corrected chi connectivity index (χ3v) is 10.8. The van der Waals surface area contributed by atoms with Gasteiger partial charge in [-0.1, -0.05) is 148 Å². The van der Waals surface area contributed by atoms with E-state index in [-0.39, 0.29) is 49.7 Å². The molecule has 54 heavy (non-hydrogen) atoms. The average molecular weight is 756 g/mol. The molecule has 0 aromatic rings. The Morgan fingerprint density at radius 3 is 1.31 bits per heavy atom. The molecule has 0 aliphatic rings. The quantitative estimate of drug-likeness (QED) is 0.0351. The summed E-state index contributed by atoms with van der Waals surface area (Å²) in [6.07, 6.45) is 43.2. The molecule has 2 atom stereocenters. The van der Waals surface area contributed by atoms with Crippen LogP contribution in [-0.2, 0) is 23.9 Å². The summed E-state index contributed by atoms with van der Waals surface area (Å²) in [7, 11) is 0. The van der Waals surface area contributed by atoms with Crippen LogP contribution in [0.25, 0.3) is 0 Å². The fourth-order valence-electron chi connectivity index (χ4n) is 6.58. The molecule has 0 aromatic heterocycles. The molecule has 0 aromatic carbocycles. The predicted molar refractivity (Wildman–Crippen MR) is 227 cm³/mol. The van der Waals surface area contributed by atoms with Crippen LogP contribution in [0.4, 0.5) is 0 Å². The van der Waals surface area contributed by atoms with Gasteiger partial charge in [0.05, 0.1) is 24.7 Å². The van der Waals surface area contributed by atoms with Crippen LogP contribution in [0.2, 0.25) is 0 Å². The van der Waals surface area contributed by atoms with Crippen LogP contribution in [0.5, 0.6) is 0 Å². The van der Waals surface area contributed by atoms with Crippen LogP contribution in [0.1, 0.15) is 233 Å². The zero-order valence-corrected chi connectivity index (χ0v) is 35.9. The number of carbonyl (C=O) groups is 3. The Labute approximate surface area is 334 Å². The van der Waals surface area contributed by atoms with Gasteiger partial charge in [-0.2, -0.15) is 5.26 Å². The highest BCUT2D eigenvalue weighted by Crippen LogP contribution is 2.26. The van der Waals surface area contributed by atoms with E-state index in [4.69, 9.17) is 9.47 Å². The number of hydrogen-bond donors (Lipinski definition) is 0. The van der Waals surface area contributed by atoms with Crippen molar-refractivity contribution in [2.45, 2.75) is 233 Å². The highest BCUT2D eigenvalue weighted by molar-refractivity contribution is 5.78. The second-order valence-corrected chi connectivity index (χ2v) is 16.2. The highest BCUT2D eigenvalue weighted by Gasteiger charge is 2.24. The smallest absolute Gasteiger partial charge is 0.305 e. The van der Waals surface area contributed by atoms with Gasteiger partial charge < -0.3 is 9.47 Å². The lowest BCUT2D eigenvalue weighted by molar-refractivity contribution is -0.150. The molecule has 0 spiro atoms. The maximum Gasteiger partial charge on any atom is 0.305 e. The van der Waals surface area contributed by atoms with Gasteiger partial charge in [0.25, 0.3) is 0 Å². The van der Waals surface area contributed by atoms with Crippen molar-refractivity contribution in [3.8, 4) is 6.07 Å². The lowest BCUT2D eigenvalue weighted by Crippen LogP contribution is -2.24. The standard InChI is InChI=1S/C48H85NO5/c1-5-8-10-12-14-16-18-20-22-24-26-28-30-32-34-36-45(50)40-44(42-54-47(52)38-39-48(4,7-3)43-49)41-53-46(51)37-35-33-31-29-27-25-23-21-19-17-15-13-11-9-6-2/h20-23,44H,5-19,24-42H2,1-4H3/b22-20-,23-21-. The summed E-state index contributed by atoms with van der Waals surface area (Å²) >= 11 is 0. The maximum absolute atomic E-state index is 12.9. The van der Waals surface area contributed by atoms with E-state index >= 15 is 0 Å². The van der Waals surface area contributed by atoms with Gasteiger partial charge in [0.2, 0.25) is 0 Å². The van der Waals surface area contributed by atoms with Crippen LogP contribution in [-0.4, -0.2) is 30.9 Å². The van der Waals surface area contributed by atoms with Gasteiger partial charge in [0.15, 0.2) is 0 Å². The lowest BCUT2D eigenvalue weighted by atomic mass is 9.84. The first kappa shape index (κ1) is 51.6. The first-order valence-corrected chi connectivity index (χ1v) is 22.8. The Bertz CT molecular complexity index is 998. The van der Waals surface area contributed by atoms with Crippen LogP contribution in [0, 0.1) is 22.7 Å². The molecule has 0 aliphatic carbocycles. The van der Waals surface area contributed by atoms with E-state index in [1.165, 1.54) is 116 Å². The number of nitrogens with zero attached hydrogens (tertiary/aromatic N) is 1. The molecule has 6 heteroatoms. The van der Waals surface area contributed by atoms with Crippen molar-refractivity contribution in [1.82, 2.24) is 0 Å². The molecule has 6 nitrogen and oxygen atoms in total. The normalized spacial score (nSPS) is 13.2. The first-order valence-electron chi connectivity index (χ1n) is 22.8. The lowest BCUT2D eigenvalue weighted by Gasteiger charge is -2.20. The van der Waals surface area contributed by atoms with Crippen molar-refractivity contribution in [2.24, 2.45) is 11.3 Å². The molecule has 2 unspecified atom stereocenters. The van der Waals surface area contributed by atoms with Crippen LogP contribution in [0.15, 0.2) is 24.3 Å². The van der Waals surface area contributed by atoms with E-state index in [1.54, 1.807) is 0 Å². The van der Waals surface area contributed by atoms with E-state index < -0.39 is 5.41 Å². The molecule has 0 aliphatic heterocycles. The molecule has 0 bridgehead atoms. The van der Waals surface area contributed by atoms with Gasteiger partial charge in [0.1, 0.15) is 5.78 Å². The van der Waals surface area contributed by atoms with Gasteiger partial charge >= 0.3 is 11.9 Å². The Morgan fingerprint density at radius 1 is 0.537 bits per heavy atom. The number of esters is 2. The van der Waals surface area contributed by atoms with E-state index in [2.05, 4.69) is 44.2 Å². The molecule has 0 radical (unpaired) electrons. The largest absolute Gasteiger partial charge is 0.465 e. The Kier molecular flexibility index (Phi) is 37.1. The number of Topliss-reactive ketones (excluding diaryl/α,β-unsaturated/α-hetero) is 1. The Hall–Kier alpha value is -2.42. The number of ketones is 1. The number of carbonyl (C=O) groups excluding carboxylic acids is 3. The highest BCUT2D eigenvalue weighted by atomic mass is 16.5.